The van der Waals surface area contributed by atoms with Crippen LogP contribution in [0.25, 0.3) is 0 Å². The van der Waals surface area contributed by atoms with Gasteiger partial charge < -0.3 is 14.8 Å². The fourth-order valence-electron chi connectivity index (χ4n) is 3.07. The molecule has 0 bridgehead atoms. The first kappa shape index (κ1) is 20.2. The van der Waals surface area contributed by atoms with Crippen LogP contribution in [-0.2, 0) is 14.8 Å². The van der Waals surface area contributed by atoms with E-state index in [1.165, 1.54) is 23.5 Å². The number of methoxy groups -OCH3 is 1. The molecule has 1 saturated heterocycles. The molecule has 0 aromatic heterocycles. The number of sulfonamides is 1. The van der Waals surface area contributed by atoms with Crippen molar-refractivity contribution in [2.24, 2.45) is 0 Å². The molecular weight excluding hydrogens is 380 g/mol. The van der Waals surface area contributed by atoms with Gasteiger partial charge in [-0.05, 0) is 49.6 Å². The molecule has 2 aromatic carbocycles. The summed E-state index contributed by atoms with van der Waals surface area (Å²) >= 11 is 0. The lowest BCUT2D eigenvalue weighted by Crippen LogP contribution is -2.28. The second kappa shape index (κ2) is 8.62. The van der Waals surface area contributed by atoms with Gasteiger partial charge in [0.15, 0.2) is 6.61 Å². The van der Waals surface area contributed by atoms with Crippen LogP contribution in [0.1, 0.15) is 18.4 Å². The first-order valence-corrected chi connectivity index (χ1v) is 10.5. The van der Waals surface area contributed by atoms with Gasteiger partial charge in [0, 0.05) is 13.1 Å². The van der Waals surface area contributed by atoms with Gasteiger partial charge in [0.1, 0.15) is 11.5 Å². The van der Waals surface area contributed by atoms with Crippen molar-refractivity contribution >= 4 is 21.6 Å². The molecule has 0 aliphatic carbocycles. The normalized spacial score (nSPS) is 14.6. The summed E-state index contributed by atoms with van der Waals surface area (Å²) in [6.07, 6.45) is 1.71. The Labute approximate surface area is 165 Å². The minimum absolute atomic E-state index is 0.130. The molecule has 1 aliphatic rings. The predicted octanol–water partition coefficient (Wildman–Crippen LogP) is 2.81. The van der Waals surface area contributed by atoms with Crippen molar-refractivity contribution in [3.05, 3.63) is 48.0 Å². The number of hydrogen-bond acceptors (Lipinski definition) is 5. The standard InChI is InChI=1S/C20H24N2O5S/c1-15-7-3-4-8-18(15)27-14-20(23)21-17-13-16(9-10-19(17)26-2)28(24,25)22-11-5-6-12-22/h3-4,7-10,13H,5-6,11-12,14H2,1-2H3,(H,21,23). The van der Waals surface area contributed by atoms with Crippen molar-refractivity contribution in [3.63, 3.8) is 0 Å². The third-order valence-corrected chi connectivity index (χ3v) is 6.49. The van der Waals surface area contributed by atoms with Crippen molar-refractivity contribution in [1.29, 1.82) is 0 Å². The van der Waals surface area contributed by atoms with Crippen LogP contribution in [-0.4, -0.2) is 45.4 Å². The molecule has 0 unspecified atom stereocenters. The van der Waals surface area contributed by atoms with Gasteiger partial charge in [-0.15, -0.1) is 0 Å². The first-order chi connectivity index (χ1) is 13.4. The number of carbonyl (C=O) groups is 1. The number of ether oxygens (including phenoxy) is 2. The molecule has 1 amide bonds. The summed E-state index contributed by atoms with van der Waals surface area (Å²) in [5.41, 5.74) is 1.22. The molecule has 0 spiro atoms. The van der Waals surface area contributed by atoms with E-state index in [1.807, 2.05) is 25.1 Å². The smallest absolute Gasteiger partial charge is 0.262 e. The Morgan fingerprint density at radius 2 is 1.82 bits per heavy atom. The van der Waals surface area contributed by atoms with Crippen molar-refractivity contribution in [3.8, 4) is 11.5 Å². The number of hydrogen-bond donors (Lipinski definition) is 1. The Bertz CT molecular complexity index is 953. The number of aryl methyl sites for hydroxylation is 1. The van der Waals surface area contributed by atoms with E-state index in [9.17, 15) is 13.2 Å². The van der Waals surface area contributed by atoms with Crippen molar-refractivity contribution < 1.29 is 22.7 Å². The van der Waals surface area contributed by atoms with Crippen LogP contribution in [0.2, 0.25) is 0 Å². The van der Waals surface area contributed by atoms with E-state index in [4.69, 9.17) is 9.47 Å². The number of anilines is 1. The van der Waals surface area contributed by atoms with E-state index in [2.05, 4.69) is 5.32 Å². The Morgan fingerprint density at radius 1 is 1.11 bits per heavy atom. The highest BCUT2D eigenvalue weighted by molar-refractivity contribution is 7.89. The molecule has 8 heteroatoms. The lowest BCUT2D eigenvalue weighted by molar-refractivity contribution is -0.118. The summed E-state index contributed by atoms with van der Waals surface area (Å²) in [7, 11) is -2.13. The monoisotopic (exact) mass is 404 g/mol. The van der Waals surface area contributed by atoms with E-state index in [-0.39, 0.29) is 11.5 Å². The number of rotatable bonds is 7. The highest BCUT2D eigenvalue weighted by Crippen LogP contribution is 2.30. The summed E-state index contributed by atoms with van der Waals surface area (Å²) in [6, 6.07) is 11.9. The lowest BCUT2D eigenvalue weighted by Gasteiger charge is -2.17. The highest BCUT2D eigenvalue weighted by Gasteiger charge is 2.28. The summed E-state index contributed by atoms with van der Waals surface area (Å²) in [5.74, 6) is 0.594. The maximum atomic E-state index is 12.8. The number of nitrogens with one attached hydrogen (secondary N) is 1. The van der Waals surface area contributed by atoms with Gasteiger partial charge >= 0.3 is 0 Å². The third-order valence-electron chi connectivity index (χ3n) is 4.60. The molecule has 1 aliphatic heterocycles. The zero-order chi connectivity index (χ0) is 20.1. The van der Waals surface area contributed by atoms with Crippen LogP contribution in [0.3, 0.4) is 0 Å². The molecule has 1 heterocycles. The van der Waals surface area contributed by atoms with Crippen LogP contribution >= 0.6 is 0 Å². The van der Waals surface area contributed by atoms with E-state index in [1.54, 1.807) is 12.1 Å². The van der Waals surface area contributed by atoms with Gasteiger partial charge in [-0.3, -0.25) is 4.79 Å². The Morgan fingerprint density at radius 3 is 2.50 bits per heavy atom. The molecule has 1 fully saturated rings. The highest BCUT2D eigenvalue weighted by atomic mass is 32.2. The minimum atomic E-state index is -3.59. The summed E-state index contributed by atoms with van der Waals surface area (Å²) in [5, 5.41) is 2.68. The number of para-hydroxylation sites is 1. The molecule has 0 radical (unpaired) electrons. The van der Waals surface area contributed by atoms with Crippen LogP contribution < -0.4 is 14.8 Å². The second-order valence-electron chi connectivity index (χ2n) is 6.58. The zero-order valence-corrected chi connectivity index (χ0v) is 16.8. The fourth-order valence-corrected chi connectivity index (χ4v) is 4.61. The molecule has 28 heavy (non-hydrogen) atoms. The number of carbonyl (C=O) groups excluding carboxylic acids is 1. The van der Waals surface area contributed by atoms with Crippen LogP contribution in [0.5, 0.6) is 11.5 Å². The molecule has 7 nitrogen and oxygen atoms in total. The van der Waals surface area contributed by atoms with E-state index in [0.717, 1.165) is 18.4 Å². The summed E-state index contributed by atoms with van der Waals surface area (Å²) < 4.78 is 37.8. The van der Waals surface area contributed by atoms with Crippen molar-refractivity contribution in [2.45, 2.75) is 24.7 Å². The fraction of sp³-hybridized carbons (Fsp3) is 0.350. The first-order valence-electron chi connectivity index (χ1n) is 9.08. The number of amides is 1. The van der Waals surface area contributed by atoms with Gasteiger partial charge in [-0.2, -0.15) is 4.31 Å². The number of nitrogens with zero attached hydrogens (tertiary/aromatic N) is 1. The van der Waals surface area contributed by atoms with Crippen LogP contribution in [0.4, 0.5) is 5.69 Å². The largest absolute Gasteiger partial charge is 0.495 e. The Hall–Kier alpha value is -2.58. The summed E-state index contributed by atoms with van der Waals surface area (Å²) in [6.45, 7) is 2.72. The lowest BCUT2D eigenvalue weighted by atomic mass is 10.2. The predicted molar refractivity (Wildman–Crippen MR) is 106 cm³/mol. The number of benzene rings is 2. The average molecular weight is 404 g/mol. The summed E-state index contributed by atoms with van der Waals surface area (Å²) in [4.78, 5) is 12.5. The van der Waals surface area contributed by atoms with Gasteiger partial charge in [0.2, 0.25) is 10.0 Å². The topological polar surface area (TPSA) is 84.9 Å². The van der Waals surface area contributed by atoms with Gasteiger partial charge in [-0.1, -0.05) is 18.2 Å². The zero-order valence-electron chi connectivity index (χ0n) is 16.0. The molecule has 0 atom stereocenters. The maximum Gasteiger partial charge on any atom is 0.262 e. The second-order valence-corrected chi connectivity index (χ2v) is 8.51. The van der Waals surface area contributed by atoms with Gasteiger partial charge in [0.05, 0.1) is 17.7 Å². The van der Waals surface area contributed by atoms with E-state index >= 15 is 0 Å². The van der Waals surface area contributed by atoms with Crippen molar-refractivity contribution in [1.82, 2.24) is 4.31 Å². The molecule has 3 rings (SSSR count). The minimum Gasteiger partial charge on any atom is -0.495 e. The molecule has 1 N–H and O–H groups in total. The van der Waals surface area contributed by atoms with Gasteiger partial charge in [-0.25, -0.2) is 8.42 Å². The average Bonchev–Trinajstić information content (AvgIpc) is 3.23. The maximum absolute atomic E-state index is 12.8. The Balaban J connectivity index is 1.75. The Kier molecular flexibility index (Phi) is 6.21. The van der Waals surface area contributed by atoms with Crippen LogP contribution in [0, 0.1) is 6.92 Å². The van der Waals surface area contributed by atoms with Gasteiger partial charge in [0.25, 0.3) is 5.91 Å². The third kappa shape index (κ3) is 4.45. The van der Waals surface area contributed by atoms with Crippen LogP contribution in [0.15, 0.2) is 47.4 Å². The SMILES string of the molecule is COc1ccc(S(=O)(=O)N2CCCC2)cc1NC(=O)COc1ccccc1C. The quantitative estimate of drug-likeness (QED) is 0.767. The molecule has 150 valence electrons. The molecule has 0 saturated carbocycles. The van der Waals surface area contributed by atoms with Crippen molar-refractivity contribution in [2.75, 3.05) is 32.1 Å². The van der Waals surface area contributed by atoms with E-state index < -0.39 is 15.9 Å². The molecule has 2 aromatic rings. The molecular formula is C20H24N2O5S. The van der Waals surface area contributed by atoms with E-state index in [0.29, 0.717) is 30.3 Å².